The van der Waals surface area contributed by atoms with Gasteiger partial charge < -0.3 is 13.9 Å². The van der Waals surface area contributed by atoms with Crippen molar-refractivity contribution in [1.29, 1.82) is 0 Å². The topological polar surface area (TPSA) is 93.1 Å². The molecule has 2 aromatic rings. The van der Waals surface area contributed by atoms with Crippen LogP contribution in [0.5, 0.6) is 0 Å². The van der Waals surface area contributed by atoms with E-state index in [1.807, 2.05) is 32.8 Å². The molecule has 1 fully saturated rings. The minimum absolute atomic E-state index is 0.230. The van der Waals surface area contributed by atoms with E-state index in [2.05, 4.69) is 25.6 Å². The van der Waals surface area contributed by atoms with Gasteiger partial charge >= 0.3 is 0 Å². The zero-order chi connectivity index (χ0) is 16.4. The third-order valence-corrected chi connectivity index (χ3v) is 4.26. The molecule has 2 aromatic heterocycles. The molecule has 126 valence electrons. The van der Waals surface area contributed by atoms with Crippen molar-refractivity contribution in [2.75, 3.05) is 19.0 Å². The summed E-state index contributed by atoms with van der Waals surface area (Å²) >= 11 is 0. The Morgan fingerprint density at radius 2 is 1.87 bits per heavy atom. The Kier molecular flexibility index (Phi) is 4.34. The summed E-state index contributed by atoms with van der Waals surface area (Å²) in [6.45, 7) is 4.59. The Labute approximate surface area is 135 Å². The van der Waals surface area contributed by atoms with E-state index in [0.717, 1.165) is 31.5 Å². The SMILES string of the molecule is CC(C)c1nc(C2(NCc3nc(N(C)C)no3)CCCC2)no1. The maximum atomic E-state index is 5.39. The Morgan fingerprint density at radius 1 is 1.13 bits per heavy atom. The fraction of sp³-hybridized carbons (Fsp3) is 0.733. The lowest BCUT2D eigenvalue weighted by atomic mass is 9.96. The number of hydrogen-bond acceptors (Lipinski definition) is 8. The zero-order valence-corrected chi connectivity index (χ0v) is 14.2. The molecule has 0 bridgehead atoms. The van der Waals surface area contributed by atoms with Crippen molar-refractivity contribution in [3.05, 3.63) is 17.6 Å². The third kappa shape index (κ3) is 3.21. The second-order valence-corrected chi connectivity index (χ2v) is 6.64. The molecule has 1 N–H and O–H groups in total. The van der Waals surface area contributed by atoms with Gasteiger partial charge in [-0.15, -0.1) is 0 Å². The fourth-order valence-electron chi connectivity index (χ4n) is 2.87. The van der Waals surface area contributed by atoms with Gasteiger partial charge in [-0.2, -0.15) is 9.97 Å². The van der Waals surface area contributed by atoms with Crippen LogP contribution in [0.2, 0.25) is 0 Å². The molecule has 0 unspecified atom stereocenters. The van der Waals surface area contributed by atoms with E-state index in [9.17, 15) is 0 Å². The van der Waals surface area contributed by atoms with Gasteiger partial charge in [0, 0.05) is 20.0 Å². The molecule has 0 radical (unpaired) electrons. The van der Waals surface area contributed by atoms with Gasteiger partial charge in [-0.1, -0.05) is 31.8 Å². The molecular formula is C15H24N6O2. The van der Waals surface area contributed by atoms with E-state index in [4.69, 9.17) is 9.05 Å². The van der Waals surface area contributed by atoms with Gasteiger partial charge in [0.05, 0.1) is 12.1 Å². The van der Waals surface area contributed by atoms with Crippen LogP contribution in [0, 0.1) is 0 Å². The van der Waals surface area contributed by atoms with E-state index in [0.29, 0.717) is 24.3 Å². The maximum absolute atomic E-state index is 5.39. The molecule has 0 aromatic carbocycles. The summed E-state index contributed by atoms with van der Waals surface area (Å²) in [5.74, 6) is 2.79. The van der Waals surface area contributed by atoms with Crippen LogP contribution >= 0.6 is 0 Å². The fourth-order valence-corrected chi connectivity index (χ4v) is 2.87. The highest BCUT2D eigenvalue weighted by atomic mass is 16.5. The monoisotopic (exact) mass is 320 g/mol. The van der Waals surface area contributed by atoms with Gasteiger partial charge in [0.2, 0.25) is 11.8 Å². The number of nitrogens with one attached hydrogen (secondary N) is 1. The summed E-state index contributed by atoms with van der Waals surface area (Å²) in [5, 5.41) is 11.7. The van der Waals surface area contributed by atoms with Gasteiger partial charge in [-0.25, -0.2) is 0 Å². The summed E-state index contributed by atoms with van der Waals surface area (Å²) < 4.78 is 10.7. The summed E-state index contributed by atoms with van der Waals surface area (Å²) in [6.07, 6.45) is 4.26. The number of aromatic nitrogens is 4. The first kappa shape index (κ1) is 15.9. The predicted molar refractivity (Wildman–Crippen MR) is 84.0 cm³/mol. The molecule has 8 heteroatoms. The lowest BCUT2D eigenvalue weighted by Crippen LogP contribution is -2.40. The van der Waals surface area contributed by atoms with Crippen LogP contribution in [-0.2, 0) is 12.1 Å². The van der Waals surface area contributed by atoms with E-state index in [-0.39, 0.29) is 11.5 Å². The van der Waals surface area contributed by atoms with Gasteiger partial charge in [0.25, 0.3) is 5.95 Å². The molecule has 0 atom stereocenters. The number of anilines is 1. The third-order valence-electron chi connectivity index (χ3n) is 4.26. The minimum atomic E-state index is -0.261. The molecule has 3 rings (SSSR count). The molecule has 0 aliphatic heterocycles. The van der Waals surface area contributed by atoms with Crippen LogP contribution in [0.4, 0.5) is 5.95 Å². The zero-order valence-electron chi connectivity index (χ0n) is 14.2. The van der Waals surface area contributed by atoms with Crippen molar-refractivity contribution in [2.24, 2.45) is 0 Å². The number of rotatable bonds is 6. The van der Waals surface area contributed by atoms with Gasteiger partial charge in [-0.05, 0) is 18.0 Å². The highest BCUT2D eigenvalue weighted by Gasteiger charge is 2.40. The van der Waals surface area contributed by atoms with Crippen LogP contribution in [0.15, 0.2) is 9.05 Å². The molecule has 23 heavy (non-hydrogen) atoms. The molecule has 8 nitrogen and oxygen atoms in total. The maximum Gasteiger partial charge on any atom is 0.265 e. The van der Waals surface area contributed by atoms with Crippen molar-refractivity contribution in [1.82, 2.24) is 25.6 Å². The Bertz CT molecular complexity index is 642. The molecule has 0 amide bonds. The summed E-state index contributed by atoms with van der Waals surface area (Å²) in [5.41, 5.74) is -0.261. The molecular weight excluding hydrogens is 296 g/mol. The van der Waals surface area contributed by atoms with E-state index >= 15 is 0 Å². The second kappa shape index (κ2) is 6.27. The summed E-state index contributed by atoms with van der Waals surface area (Å²) in [4.78, 5) is 10.8. The normalized spacial score (nSPS) is 17.1. The van der Waals surface area contributed by atoms with Crippen LogP contribution in [-0.4, -0.2) is 34.4 Å². The van der Waals surface area contributed by atoms with Crippen molar-refractivity contribution >= 4 is 5.95 Å². The first-order chi connectivity index (χ1) is 11.0. The quantitative estimate of drug-likeness (QED) is 0.866. The van der Waals surface area contributed by atoms with Crippen molar-refractivity contribution in [2.45, 2.75) is 57.5 Å². The van der Waals surface area contributed by atoms with Crippen molar-refractivity contribution in [3.8, 4) is 0 Å². The smallest absolute Gasteiger partial charge is 0.265 e. The average Bonchev–Trinajstić information content (AvgIpc) is 3.25. The molecule has 1 aliphatic rings. The number of hydrogen-bond donors (Lipinski definition) is 1. The summed E-state index contributed by atoms with van der Waals surface area (Å²) in [6, 6.07) is 0. The first-order valence-corrected chi connectivity index (χ1v) is 8.09. The van der Waals surface area contributed by atoms with Crippen molar-refractivity contribution in [3.63, 3.8) is 0 Å². The van der Waals surface area contributed by atoms with Crippen LogP contribution in [0.1, 0.15) is 63.1 Å². The summed E-state index contributed by atoms with van der Waals surface area (Å²) in [7, 11) is 3.76. The standard InChI is InChI=1S/C15H24N6O2/c1-10(2)12-18-13(19-23-12)15(7-5-6-8-15)16-9-11-17-14(20-22-11)21(3)4/h10,16H,5-9H2,1-4H3. The lowest BCUT2D eigenvalue weighted by molar-refractivity contribution is 0.273. The second-order valence-electron chi connectivity index (χ2n) is 6.64. The van der Waals surface area contributed by atoms with Gasteiger partial charge in [0.15, 0.2) is 5.82 Å². The van der Waals surface area contributed by atoms with Crippen molar-refractivity contribution < 1.29 is 9.05 Å². The molecule has 2 heterocycles. The molecule has 0 saturated heterocycles. The Balaban J connectivity index is 1.75. The van der Waals surface area contributed by atoms with Crippen LogP contribution in [0.3, 0.4) is 0 Å². The van der Waals surface area contributed by atoms with Gasteiger partial charge in [0.1, 0.15) is 0 Å². The average molecular weight is 320 g/mol. The minimum Gasteiger partial charge on any atom is -0.344 e. The molecule has 1 saturated carbocycles. The van der Waals surface area contributed by atoms with Gasteiger partial charge in [-0.3, -0.25) is 5.32 Å². The largest absolute Gasteiger partial charge is 0.344 e. The molecule has 0 spiro atoms. The van der Waals surface area contributed by atoms with Crippen LogP contribution in [0.25, 0.3) is 0 Å². The lowest BCUT2D eigenvalue weighted by Gasteiger charge is -2.25. The first-order valence-electron chi connectivity index (χ1n) is 8.09. The Morgan fingerprint density at radius 3 is 2.43 bits per heavy atom. The predicted octanol–water partition coefficient (Wildman–Crippen LogP) is 2.20. The highest BCUT2D eigenvalue weighted by Crippen LogP contribution is 2.37. The molecule has 1 aliphatic carbocycles. The van der Waals surface area contributed by atoms with Crippen LogP contribution < -0.4 is 10.2 Å². The van der Waals surface area contributed by atoms with E-state index in [1.165, 1.54) is 0 Å². The van der Waals surface area contributed by atoms with E-state index in [1.54, 1.807) is 0 Å². The Hall–Kier alpha value is -1.96. The highest BCUT2D eigenvalue weighted by molar-refractivity contribution is 5.23. The van der Waals surface area contributed by atoms with E-state index < -0.39 is 0 Å². The number of nitrogens with zero attached hydrogens (tertiary/aromatic N) is 5.